The third-order valence-corrected chi connectivity index (χ3v) is 4.29. The van der Waals surface area contributed by atoms with Crippen LogP contribution in [-0.2, 0) is 0 Å². The quantitative estimate of drug-likeness (QED) is 0.822. The van der Waals surface area contributed by atoms with Crippen LogP contribution in [0.2, 0.25) is 0 Å². The van der Waals surface area contributed by atoms with Crippen LogP contribution in [0.3, 0.4) is 0 Å². The van der Waals surface area contributed by atoms with Crippen LogP contribution in [0.1, 0.15) is 30.1 Å². The highest BCUT2D eigenvalue weighted by Gasteiger charge is 2.23. The number of aliphatic hydroxyl groups excluding tert-OH is 1. The van der Waals surface area contributed by atoms with Crippen molar-refractivity contribution in [2.75, 3.05) is 30.8 Å². The SMILES string of the molecule is CC1CCN(C(=O)c2ccccc2NCC(O)CCl)CC1. The lowest BCUT2D eigenvalue weighted by Crippen LogP contribution is -2.38. The van der Waals surface area contributed by atoms with Gasteiger partial charge in [0.1, 0.15) is 0 Å². The predicted octanol–water partition coefficient (Wildman–Crippen LogP) is 2.57. The number of halogens is 1. The molecule has 0 bridgehead atoms. The molecule has 2 rings (SSSR count). The number of alkyl halides is 1. The first-order chi connectivity index (χ1) is 10.1. The van der Waals surface area contributed by atoms with Gasteiger partial charge in [-0.05, 0) is 30.9 Å². The summed E-state index contributed by atoms with van der Waals surface area (Å²) in [5, 5.41) is 12.6. The molecule has 1 unspecified atom stereocenters. The van der Waals surface area contributed by atoms with Gasteiger partial charge in [0.15, 0.2) is 0 Å². The molecular weight excluding hydrogens is 288 g/mol. The molecule has 0 radical (unpaired) electrons. The number of carbonyl (C=O) groups excluding carboxylic acids is 1. The zero-order valence-electron chi connectivity index (χ0n) is 12.4. The first-order valence-corrected chi connectivity index (χ1v) is 8.01. The number of nitrogens with zero attached hydrogens (tertiary/aromatic N) is 1. The van der Waals surface area contributed by atoms with Crippen LogP contribution >= 0.6 is 11.6 Å². The lowest BCUT2D eigenvalue weighted by Gasteiger charge is -2.31. The van der Waals surface area contributed by atoms with Crippen molar-refractivity contribution in [3.63, 3.8) is 0 Å². The maximum atomic E-state index is 12.6. The van der Waals surface area contributed by atoms with Crippen molar-refractivity contribution in [2.45, 2.75) is 25.9 Å². The molecule has 1 amide bonds. The Kier molecular flexibility index (Phi) is 5.88. The van der Waals surface area contributed by atoms with Crippen molar-refractivity contribution in [1.29, 1.82) is 0 Å². The summed E-state index contributed by atoms with van der Waals surface area (Å²) < 4.78 is 0. The highest BCUT2D eigenvalue weighted by molar-refractivity contribution is 6.18. The summed E-state index contributed by atoms with van der Waals surface area (Å²) in [6.45, 7) is 4.20. The van der Waals surface area contributed by atoms with E-state index >= 15 is 0 Å². The van der Waals surface area contributed by atoms with E-state index in [0.29, 0.717) is 18.0 Å². The molecule has 116 valence electrons. The molecule has 1 atom stereocenters. The Balaban J connectivity index is 2.06. The largest absolute Gasteiger partial charge is 0.390 e. The first kappa shape index (κ1) is 16.1. The molecule has 2 N–H and O–H groups in total. The highest BCUT2D eigenvalue weighted by atomic mass is 35.5. The Morgan fingerprint density at radius 3 is 2.76 bits per heavy atom. The number of amides is 1. The Bertz CT molecular complexity index is 473. The second-order valence-electron chi connectivity index (χ2n) is 5.71. The second kappa shape index (κ2) is 7.66. The molecule has 0 aromatic heterocycles. The molecule has 1 aliphatic rings. The number of aliphatic hydroxyl groups is 1. The monoisotopic (exact) mass is 310 g/mol. The van der Waals surface area contributed by atoms with Crippen molar-refractivity contribution in [3.8, 4) is 0 Å². The molecule has 21 heavy (non-hydrogen) atoms. The summed E-state index contributed by atoms with van der Waals surface area (Å²) >= 11 is 5.59. The minimum atomic E-state index is -0.620. The number of hydrogen-bond donors (Lipinski definition) is 2. The van der Waals surface area contributed by atoms with E-state index in [4.69, 9.17) is 11.6 Å². The molecule has 1 heterocycles. The average molecular weight is 311 g/mol. The standard InChI is InChI=1S/C16H23ClN2O2/c1-12-6-8-19(9-7-12)16(21)14-4-2-3-5-15(14)18-11-13(20)10-17/h2-5,12-13,18,20H,6-11H2,1H3. The number of hydrogen-bond acceptors (Lipinski definition) is 3. The number of piperidine rings is 1. The number of benzene rings is 1. The second-order valence-corrected chi connectivity index (χ2v) is 6.02. The van der Waals surface area contributed by atoms with Crippen molar-refractivity contribution in [2.24, 2.45) is 5.92 Å². The Morgan fingerprint density at radius 1 is 1.43 bits per heavy atom. The Hall–Kier alpha value is -1.26. The van der Waals surface area contributed by atoms with Crippen LogP contribution in [0.4, 0.5) is 5.69 Å². The Morgan fingerprint density at radius 2 is 2.10 bits per heavy atom. The number of likely N-dealkylation sites (tertiary alicyclic amines) is 1. The fourth-order valence-corrected chi connectivity index (χ4v) is 2.60. The van der Waals surface area contributed by atoms with Gasteiger partial charge in [0, 0.05) is 25.3 Å². The molecular formula is C16H23ClN2O2. The van der Waals surface area contributed by atoms with Crippen LogP contribution < -0.4 is 5.32 Å². The van der Waals surface area contributed by atoms with Gasteiger partial charge < -0.3 is 15.3 Å². The summed E-state index contributed by atoms with van der Waals surface area (Å²) in [6.07, 6.45) is 1.50. The van der Waals surface area contributed by atoms with Gasteiger partial charge >= 0.3 is 0 Å². The number of carbonyl (C=O) groups is 1. The number of anilines is 1. The number of para-hydroxylation sites is 1. The minimum Gasteiger partial charge on any atom is -0.390 e. The molecule has 1 aromatic rings. The van der Waals surface area contributed by atoms with Crippen LogP contribution in [-0.4, -0.2) is 47.5 Å². The third kappa shape index (κ3) is 4.35. The van der Waals surface area contributed by atoms with E-state index in [1.54, 1.807) is 0 Å². The molecule has 1 aliphatic heterocycles. The minimum absolute atomic E-state index is 0.0605. The summed E-state index contributed by atoms with van der Waals surface area (Å²) in [5.41, 5.74) is 1.42. The van der Waals surface area contributed by atoms with Crippen molar-refractivity contribution in [1.82, 2.24) is 4.90 Å². The molecule has 1 aromatic carbocycles. The van der Waals surface area contributed by atoms with Gasteiger partial charge in [0.2, 0.25) is 0 Å². The van der Waals surface area contributed by atoms with Crippen LogP contribution in [0.15, 0.2) is 24.3 Å². The van der Waals surface area contributed by atoms with Crippen molar-refractivity contribution < 1.29 is 9.90 Å². The normalized spacial score (nSPS) is 17.6. The molecule has 4 nitrogen and oxygen atoms in total. The van der Waals surface area contributed by atoms with Gasteiger partial charge in [0.05, 0.1) is 17.5 Å². The topological polar surface area (TPSA) is 52.6 Å². The van der Waals surface area contributed by atoms with E-state index < -0.39 is 6.10 Å². The van der Waals surface area contributed by atoms with Gasteiger partial charge in [-0.2, -0.15) is 0 Å². The zero-order chi connectivity index (χ0) is 15.2. The van der Waals surface area contributed by atoms with Gasteiger partial charge in [-0.25, -0.2) is 0 Å². The fraction of sp³-hybridized carbons (Fsp3) is 0.562. The van der Waals surface area contributed by atoms with Gasteiger partial charge in [0.25, 0.3) is 5.91 Å². The summed E-state index contributed by atoms with van der Waals surface area (Å²) in [5.74, 6) is 0.930. The molecule has 5 heteroatoms. The molecule has 0 saturated carbocycles. The van der Waals surface area contributed by atoms with Crippen LogP contribution in [0, 0.1) is 5.92 Å². The van der Waals surface area contributed by atoms with E-state index in [9.17, 15) is 9.90 Å². The molecule has 1 fully saturated rings. The Labute approximate surface area is 131 Å². The van der Waals surface area contributed by atoms with E-state index in [0.717, 1.165) is 31.6 Å². The van der Waals surface area contributed by atoms with E-state index in [1.807, 2.05) is 29.2 Å². The summed E-state index contributed by atoms with van der Waals surface area (Å²) in [4.78, 5) is 14.6. The van der Waals surface area contributed by atoms with Gasteiger partial charge in [-0.1, -0.05) is 19.1 Å². The van der Waals surface area contributed by atoms with E-state index in [-0.39, 0.29) is 11.8 Å². The van der Waals surface area contributed by atoms with Crippen LogP contribution in [0.5, 0.6) is 0 Å². The maximum Gasteiger partial charge on any atom is 0.255 e. The van der Waals surface area contributed by atoms with E-state index in [2.05, 4.69) is 12.2 Å². The predicted molar refractivity (Wildman–Crippen MR) is 86.0 cm³/mol. The lowest BCUT2D eigenvalue weighted by atomic mass is 9.98. The van der Waals surface area contributed by atoms with Crippen molar-refractivity contribution in [3.05, 3.63) is 29.8 Å². The maximum absolute atomic E-state index is 12.6. The van der Waals surface area contributed by atoms with Crippen molar-refractivity contribution >= 4 is 23.2 Å². The van der Waals surface area contributed by atoms with Gasteiger partial charge in [-0.3, -0.25) is 4.79 Å². The third-order valence-electron chi connectivity index (χ3n) is 3.93. The summed E-state index contributed by atoms with van der Waals surface area (Å²) in [6, 6.07) is 7.43. The lowest BCUT2D eigenvalue weighted by molar-refractivity contribution is 0.0698. The molecule has 0 aliphatic carbocycles. The molecule has 0 spiro atoms. The molecule has 1 saturated heterocycles. The van der Waals surface area contributed by atoms with E-state index in [1.165, 1.54) is 0 Å². The first-order valence-electron chi connectivity index (χ1n) is 7.48. The highest BCUT2D eigenvalue weighted by Crippen LogP contribution is 2.22. The number of nitrogens with one attached hydrogen (secondary N) is 1. The average Bonchev–Trinajstić information content (AvgIpc) is 2.53. The summed E-state index contributed by atoms with van der Waals surface area (Å²) in [7, 11) is 0. The van der Waals surface area contributed by atoms with Gasteiger partial charge in [-0.15, -0.1) is 11.6 Å². The zero-order valence-corrected chi connectivity index (χ0v) is 13.1. The van der Waals surface area contributed by atoms with Crippen LogP contribution in [0.25, 0.3) is 0 Å². The fourth-order valence-electron chi connectivity index (χ4n) is 2.49. The number of rotatable bonds is 5. The smallest absolute Gasteiger partial charge is 0.255 e.